The summed E-state index contributed by atoms with van der Waals surface area (Å²) in [5.74, 6) is 0. The maximum absolute atomic E-state index is 9.04. The first kappa shape index (κ1) is 11.8. The Kier molecular flexibility index (Phi) is 2.97. The van der Waals surface area contributed by atoms with E-state index in [2.05, 4.69) is 47.8 Å². The van der Waals surface area contributed by atoms with Crippen molar-refractivity contribution in [3.63, 3.8) is 0 Å². The molecular formula is C17H16N2. The first-order chi connectivity index (χ1) is 9.31. The number of nitriles is 1. The van der Waals surface area contributed by atoms with Gasteiger partial charge in [0.15, 0.2) is 0 Å². The van der Waals surface area contributed by atoms with Crippen molar-refractivity contribution in [2.24, 2.45) is 5.41 Å². The molecule has 1 fully saturated rings. The summed E-state index contributed by atoms with van der Waals surface area (Å²) < 4.78 is 0. The normalized spacial score (nSPS) is 15.5. The maximum atomic E-state index is 9.04. The van der Waals surface area contributed by atoms with Crippen LogP contribution in [0.15, 0.2) is 54.6 Å². The molecule has 0 saturated heterocycles. The SMILES string of the molecule is N#CC1(CNc2ccc(-c3ccccc3)cc2)CC1. The molecule has 2 aromatic carbocycles. The highest BCUT2D eigenvalue weighted by molar-refractivity contribution is 5.65. The molecule has 0 aliphatic heterocycles. The zero-order chi connectivity index (χ0) is 13.1. The van der Waals surface area contributed by atoms with Gasteiger partial charge in [-0.05, 0) is 36.1 Å². The Morgan fingerprint density at radius 2 is 1.58 bits per heavy atom. The Morgan fingerprint density at radius 1 is 0.947 bits per heavy atom. The molecule has 2 nitrogen and oxygen atoms in total. The van der Waals surface area contributed by atoms with Gasteiger partial charge in [0.2, 0.25) is 0 Å². The van der Waals surface area contributed by atoms with Crippen LogP contribution in [0.4, 0.5) is 5.69 Å². The summed E-state index contributed by atoms with van der Waals surface area (Å²) in [5.41, 5.74) is 3.43. The summed E-state index contributed by atoms with van der Waals surface area (Å²) in [7, 11) is 0. The molecule has 0 heterocycles. The fourth-order valence-corrected chi connectivity index (χ4v) is 2.16. The molecule has 1 saturated carbocycles. The predicted molar refractivity (Wildman–Crippen MR) is 77.6 cm³/mol. The van der Waals surface area contributed by atoms with E-state index < -0.39 is 0 Å². The van der Waals surface area contributed by atoms with Gasteiger partial charge in [-0.15, -0.1) is 0 Å². The number of hydrogen-bond acceptors (Lipinski definition) is 2. The summed E-state index contributed by atoms with van der Waals surface area (Å²) in [6.45, 7) is 0.758. The van der Waals surface area contributed by atoms with Gasteiger partial charge in [0.25, 0.3) is 0 Å². The average molecular weight is 248 g/mol. The van der Waals surface area contributed by atoms with Crippen LogP contribution in [0.25, 0.3) is 11.1 Å². The largest absolute Gasteiger partial charge is 0.383 e. The highest BCUT2D eigenvalue weighted by Crippen LogP contribution is 2.44. The van der Waals surface area contributed by atoms with Crippen LogP contribution in [0.1, 0.15) is 12.8 Å². The number of hydrogen-bond donors (Lipinski definition) is 1. The topological polar surface area (TPSA) is 35.8 Å². The van der Waals surface area contributed by atoms with E-state index in [0.29, 0.717) is 0 Å². The zero-order valence-electron chi connectivity index (χ0n) is 10.8. The average Bonchev–Trinajstić information content (AvgIpc) is 3.27. The summed E-state index contributed by atoms with van der Waals surface area (Å²) in [4.78, 5) is 0. The van der Waals surface area contributed by atoms with Crippen LogP contribution < -0.4 is 5.32 Å². The van der Waals surface area contributed by atoms with Crippen molar-refractivity contribution in [3.8, 4) is 17.2 Å². The number of anilines is 1. The highest BCUT2D eigenvalue weighted by atomic mass is 14.9. The van der Waals surface area contributed by atoms with Gasteiger partial charge < -0.3 is 5.32 Å². The van der Waals surface area contributed by atoms with Gasteiger partial charge in [-0.1, -0.05) is 42.5 Å². The molecule has 0 amide bonds. The Hall–Kier alpha value is -2.27. The molecule has 3 rings (SSSR count). The monoisotopic (exact) mass is 248 g/mol. The standard InChI is InChI=1S/C17H16N2/c18-12-17(10-11-17)13-19-16-8-6-15(7-9-16)14-4-2-1-3-5-14/h1-9,19H,10-11,13H2. The van der Waals surface area contributed by atoms with Gasteiger partial charge in [-0.3, -0.25) is 0 Å². The number of benzene rings is 2. The quantitative estimate of drug-likeness (QED) is 0.885. The van der Waals surface area contributed by atoms with Gasteiger partial charge in [0.05, 0.1) is 11.5 Å². The van der Waals surface area contributed by atoms with Crippen LogP contribution in [0.5, 0.6) is 0 Å². The summed E-state index contributed by atoms with van der Waals surface area (Å²) in [5, 5.41) is 12.4. The van der Waals surface area contributed by atoms with Gasteiger partial charge >= 0.3 is 0 Å². The summed E-state index contributed by atoms with van der Waals surface area (Å²) in [6, 6.07) is 21.1. The molecule has 94 valence electrons. The Bertz CT molecular complexity index is 589. The van der Waals surface area contributed by atoms with Crippen LogP contribution in [-0.2, 0) is 0 Å². The van der Waals surface area contributed by atoms with E-state index in [0.717, 1.165) is 25.1 Å². The molecule has 1 aliphatic carbocycles. The van der Waals surface area contributed by atoms with E-state index in [1.54, 1.807) is 0 Å². The summed E-state index contributed by atoms with van der Waals surface area (Å²) in [6.07, 6.45) is 2.05. The second-order valence-electron chi connectivity index (χ2n) is 5.19. The van der Waals surface area contributed by atoms with Crippen LogP contribution >= 0.6 is 0 Å². The smallest absolute Gasteiger partial charge is 0.0747 e. The van der Waals surface area contributed by atoms with E-state index in [-0.39, 0.29) is 5.41 Å². The van der Waals surface area contributed by atoms with Gasteiger partial charge in [0, 0.05) is 12.2 Å². The van der Waals surface area contributed by atoms with E-state index >= 15 is 0 Å². The third-order valence-electron chi connectivity index (χ3n) is 3.71. The van der Waals surface area contributed by atoms with Gasteiger partial charge in [-0.25, -0.2) is 0 Å². The van der Waals surface area contributed by atoms with Gasteiger partial charge in [-0.2, -0.15) is 5.26 Å². The fourth-order valence-electron chi connectivity index (χ4n) is 2.16. The van der Waals surface area contributed by atoms with Crippen molar-refractivity contribution in [1.29, 1.82) is 5.26 Å². The minimum atomic E-state index is -0.0991. The molecule has 0 aromatic heterocycles. The Labute approximate surface area is 113 Å². The molecule has 0 bridgehead atoms. The van der Waals surface area contributed by atoms with Gasteiger partial charge in [0.1, 0.15) is 0 Å². The van der Waals surface area contributed by atoms with E-state index in [4.69, 9.17) is 5.26 Å². The molecule has 2 heteroatoms. The lowest BCUT2D eigenvalue weighted by molar-refractivity contribution is 0.711. The Balaban J connectivity index is 1.68. The second-order valence-corrected chi connectivity index (χ2v) is 5.19. The van der Waals surface area contributed by atoms with Crippen LogP contribution in [-0.4, -0.2) is 6.54 Å². The maximum Gasteiger partial charge on any atom is 0.0747 e. The number of rotatable bonds is 4. The third kappa shape index (κ3) is 2.61. The first-order valence-electron chi connectivity index (χ1n) is 6.62. The van der Waals surface area contributed by atoms with Crippen LogP contribution in [0.3, 0.4) is 0 Å². The van der Waals surface area contributed by atoms with Crippen molar-refractivity contribution >= 4 is 5.69 Å². The molecular weight excluding hydrogens is 232 g/mol. The first-order valence-corrected chi connectivity index (χ1v) is 6.62. The lowest BCUT2D eigenvalue weighted by Crippen LogP contribution is -2.13. The van der Waals surface area contributed by atoms with E-state index in [1.807, 2.05) is 18.2 Å². The van der Waals surface area contributed by atoms with Crippen molar-refractivity contribution in [2.45, 2.75) is 12.8 Å². The highest BCUT2D eigenvalue weighted by Gasteiger charge is 2.42. The molecule has 19 heavy (non-hydrogen) atoms. The van der Waals surface area contributed by atoms with E-state index in [1.165, 1.54) is 11.1 Å². The molecule has 0 unspecified atom stereocenters. The molecule has 0 spiro atoms. The lowest BCUT2D eigenvalue weighted by Gasteiger charge is -2.10. The van der Waals surface area contributed by atoms with Crippen molar-refractivity contribution in [3.05, 3.63) is 54.6 Å². The van der Waals surface area contributed by atoms with Crippen molar-refractivity contribution in [1.82, 2.24) is 0 Å². The predicted octanol–water partition coefficient (Wildman–Crippen LogP) is 4.07. The van der Waals surface area contributed by atoms with Crippen LogP contribution in [0, 0.1) is 16.7 Å². The zero-order valence-corrected chi connectivity index (χ0v) is 10.8. The van der Waals surface area contributed by atoms with Crippen LogP contribution in [0.2, 0.25) is 0 Å². The minimum Gasteiger partial charge on any atom is -0.383 e. The molecule has 0 atom stereocenters. The third-order valence-corrected chi connectivity index (χ3v) is 3.71. The number of nitrogens with one attached hydrogen (secondary N) is 1. The lowest BCUT2D eigenvalue weighted by atomic mass is 10.1. The number of nitrogens with zero attached hydrogens (tertiary/aromatic N) is 1. The minimum absolute atomic E-state index is 0.0991. The fraction of sp³-hybridized carbons (Fsp3) is 0.235. The molecule has 1 aliphatic rings. The van der Waals surface area contributed by atoms with Crippen molar-refractivity contribution in [2.75, 3.05) is 11.9 Å². The molecule has 1 N–H and O–H groups in total. The van der Waals surface area contributed by atoms with Crippen molar-refractivity contribution < 1.29 is 0 Å². The van der Waals surface area contributed by atoms with E-state index in [9.17, 15) is 0 Å². The second kappa shape index (κ2) is 4.78. The summed E-state index contributed by atoms with van der Waals surface area (Å²) >= 11 is 0. The Morgan fingerprint density at radius 3 is 2.16 bits per heavy atom. The molecule has 0 radical (unpaired) electrons. The molecule has 2 aromatic rings.